The predicted octanol–water partition coefficient (Wildman–Crippen LogP) is 1.49. The first-order chi connectivity index (χ1) is 11.1. The lowest BCUT2D eigenvalue weighted by Gasteiger charge is -2.23. The summed E-state index contributed by atoms with van der Waals surface area (Å²) in [4.78, 5) is 12.6. The van der Waals surface area contributed by atoms with E-state index in [2.05, 4.69) is 10.0 Å². The molecule has 23 heavy (non-hydrogen) atoms. The van der Waals surface area contributed by atoms with Crippen molar-refractivity contribution in [2.75, 3.05) is 13.2 Å². The zero-order chi connectivity index (χ0) is 16.3. The van der Waals surface area contributed by atoms with Gasteiger partial charge in [-0.15, -0.1) is 0 Å². The Labute approximate surface area is 136 Å². The van der Waals surface area contributed by atoms with E-state index in [0.29, 0.717) is 37.3 Å². The Hall–Kier alpha value is -1.60. The Balaban J connectivity index is 1.77. The third kappa shape index (κ3) is 3.67. The van der Waals surface area contributed by atoms with Gasteiger partial charge in [0.15, 0.2) is 0 Å². The second kappa shape index (κ2) is 6.88. The van der Waals surface area contributed by atoms with Crippen molar-refractivity contribution in [3.63, 3.8) is 0 Å². The van der Waals surface area contributed by atoms with Gasteiger partial charge >= 0.3 is 0 Å². The quantitative estimate of drug-likeness (QED) is 0.872. The minimum atomic E-state index is -3.63. The number of nitrogens with one attached hydrogen (secondary N) is 2. The number of rotatable bonds is 3. The first-order valence-electron chi connectivity index (χ1n) is 8.08. The average Bonchev–Trinajstić information content (AvgIpc) is 2.78. The van der Waals surface area contributed by atoms with Gasteiger partial charge in [0.1, 0.15) is 18.4 Å². The predicted molar refractivity (Wildman–Crippen MR) is 86.6 cm³/mol. The number of sulfonamides is 1. The average molecular weight is 338 g/mol. The summed E-state index contributed by atoms with van der Waals surface area (Å²) in [6.45, 7) is 0.923. The molecule has 1 aliphatic carbocycles. The van der Waals surface area contributed by atoms with Gasteiger partial charge in [-0.3, -0.25) is 14.8 Å². The molecule has 1 heterocycles. The van der Waals surface area contributed by atoms with Crippen molar-refractivity contribution in [2.45, 2.75) is 43.4 Å². The van der Waals surface area contributed by atoms with Gasteiger partial charge in [-0.05, 0) is 18.9 Å². The maximum absolute atomic E-state index is 12.6. The minimum Gasteiger partial charge on any atom is -0.492 e. The van der Waals surface area contributed by atoms with E-state index in [1.165, 1.54) is 0 Å². The molecule has 0 saturated heterocycles. The summed E-state index contributed by atoms with van der Waals surface area (Å²) >= 11 is 0. The van der Waals surface area contributed by atoms with E-state index in [4.69, 9.17) is 4.74 Å². The fraction of sp³-hybridized carbons (Fsp3) is 0.562. The Kier molecular flexibility index (Phi) is 4.87. The van der Waals surface area contributed by atoms with Crippen LogP contribution in [-0.4, -0.2) is 32.7 Å². The molecule has 1 amide bonds. The molecule has 3 rings (SSSR count). The van der Waals surface area contributed by atoms with Crippen LogP contribution in [0.25, 0.3) is 0 Å². The maximum atomic E-state index is 12.6. The molecule has 7 heteroatoms. The van der Waals surface area contributed by atoms with E-state index < -0.39 is 27.2 Å². The summed E-state index contributed by atoms with van der Waals surface area (Å²) in [6, 6.07) is 6.50. The standard InChI is InChI=1S/C16H22N2O4S/c19-16(18-23(20,21)12-6-2-1-3-7-12)15-13-8-4-5-9-14(13)22-11-10-17-15/h4-5,8-9,12,15,17H,1-3,6-7,10-11H2,(H,18,19). The van der Waals surface area contributed by atoms with Crippen molar-refractivity contribution in [3.05, 3.63) is 29.8 Å². The number of hydrogen-bond acceptors (Lipinski definition) is 5. The van der Waals surface area contributed by atoms with Gasteiger partial charge in [-0.2, -0.15) is 0 Å². The van der Waals surface area contributed by atoms with Crippen LogP contribution in [0.1, 0.15) is 43.7 Å². The van der Waals surface area contributed by atoms with Crippen LogP contribution in [0.4, 0.5) is 0 Å². The number of carbonyl (C=O) groups is 1. The number of amides is 1. The molecule has 1 aromatic carbocycles. The maximum Gasteiger partial charge on any atom is 0.255 e. The van der Waals surface area contributed by atoms with Crippen molar-refractivity contribution in [1.29, 1.82) is 0 Å². The fourth-order valence-corrected chi connectivity index (χ4v) is 4.74. The third-order valence-electron chi connectivity index (χ3n) is 4.43. The van der Waals surface area contributed by atoms with E-state index in [9.17, 15) is 13.2 Å². The largest absolute Gasteiger partial charge is 0.492 e. The van der Waals surface area contributed by atoms with Gasteiger partial charge in [-0.25, -0.2) is 8.42 Å². The van der Waals surface area contributed by atoms with E-state index >= 15 is 0 Å². The number of fused-ring (bicyclic) bond motifs is 1. The second-order valence-corrected chi connectivity index (χ2v) is 8.01. The third-order valence-corrected chi connectivity index (χ3v) is 6.27. The molecule has 1 atom stereocenters. The van der Waals surface area contributed by atoms with E-state index in [1.54, 1.807) is 12.1 Å². The van der Waals surface area contributed by atoms with Crippen molar-refractivity contribution in [2.24, 2.45) is 0 Å². The molecule has 0 aromatic heterocycles. The lowest BCUT2D eigenvalue weighted by Crippen LogP contribution is -2.44. The van der Waals surface area contributed by atoms with Crippen LogP contribution in [0.2, 0.25) is 0 Å². The van der Waals surface area contributed by atoms with Gasteiger partial charge in [-0.1, -0.05) is 37.5 Å². The minimum absolute atomic E-state index is 0.441. The van der Waals surface area contributed by atoms with Crippen LogP contribution >= 0.6 is 0 Å². The molecule has 2 N–H and O–H groups in total. The summed E-state index contributed by atoms with van der Waals surface area (Å²) in [5.74, 6) is 0.0845. The van der Waals surface area contributed by atoms with Gasteiger partial charge in [0.2, 0.25) is 10.0 Å². The lowest BCUT2D eigenvalue weighted by atomic mass is 10.0. The van der Waals surface area contributed by atoms with E-state index in [-0.39, 0.29) is 0 Å². The Morgan fingerprint density at radius 2 is 1.91 bits per heavy atom. The number of carbonyl (C=O) groups excluding carboxylic acids is 1. The summed E-state index contributed by atoms with van der Waals surface area (Å²) in [5.41, 5.74) is 0.668. The van der Waals surface area contributed by atoms with Crippen LogP contribution in [0.5, 0.6) is 5.75 Å². The van der Waals surface area contributed by atoms with Crippen LogP contribution in [0, 0.1) is 0 Å². The smallest absolute Gasteiger partial charge is 0.255 e. The molecule has 1 aromatic rings. The number of ether oxygens (including phenoxy) is 1. The molecule has 0 spiro atoms. The summed E-state index contributed by atoms with van der Waals surface area (Å²) < 4.78 is 32.8. The number of hydrogen-bond donors (Lipinski definition) is 2. The van der Waals surface area contributed by atoms with Gasteiger partial charge in [0, 0.05) is 12.1 Å². The molecule has 0 radical (unpaired) electrons. The molecule has 1 fully saturated rings. The van der Waals surface area contributed by atoms with Crippen molar-refractivity contribution >= 4 is 15.9 Å². The van der Waals surface area contributed by atoms with Crippen LogP contribution in [-0.2, 0) is 14.8 Å². The first kappa shape index (κ1) is 16.3. The normalized spacial score (nSPS) is 22.5. The number of para-hydroxylation sites is 1. The highest BCUT2D eigenvalue weighted by Crippen LogP contribution is 2.28. The van der Waals surface area contributed by atoms with Crippen LogP contribution in [0.15, 0.2) is 24.3 Å². The molecular weight excluding hydrogens is 316 g/mol. The van der Waals surface area contributed by atoms with Crippen molar-refractivity contribution in [3.8, 4) is 5.75 Å². The highest BCUT2D eigenvalue weighted by atomic mass is 32.2. The molecule has 1 aliphatic heterocycles. The Morgan fingerprint density at radius 1 is 1.17 bits per heavy atom. The SMILES string of the molecule is O=C(NS(=O)(=O)C1CCCCC1)C1NCCOc2ccccc21. The molecule has 1 saturated carbocycles. The summed E-state index contributed by atoms with van der Waals surface area (Å²) in [5, 5.41) is 2.60. The van der Waals surface area contributed by atoms with Gasteiger partial charge in [0.25, 0.3) is 5.91 Å². The van der Waals surface area contributed by atoms with E-state index in [0.717, 1.165) is 19.3 Å². The van der Waals surface area contributed by atoms with Gasteiger partial charge in [0.05, 0.1) is 5.25 Å². The molecular formula is C16H22N2O4S. The second-order valence-electron chi connectivity index (χ2n) is 6.04. The zero-order valence-electron chi connectivity index (χ0n) is 13.0. The molecule has 6 nitrogen and oxygen atoms in total. The van der Waals surface area contributed by atoms with Crippen LogP contribution in [0.3, 0.4) is 0 Å². The number of benzene rings is 1. The van der Waals surface area contributed by atoms with Crippen molar-refractivity contribution < 1.29 is 17.9 Å². The molecule has 0 bridgehead atoms. The van der Waals surface area contributed by atoms with E-state index in [1.807, 2.05) is 12.1 Å². The molecule has 2 aliphatic rings. The first-order valence-corrected chi connectivity index (χ1v) is 9.63. The Morgan fingerprint density at radius 3 is 2.70 bits per heavy atom. The molecule has 1 unspecified atom stereocenters. The zero-order valence-corrected chi connectivity index (χ0v) is 13.8. The lowest BCUT2D eigenvalue weighted by molar-refractivity contribution is -0.121. The summed E-state index contributed by atoms with van der Waals surface area (Å²) in [7, 11) is -3.63. The topological polar surface area (TPSA) is 84.5 Å². The summed E-state index contributed by atoms with van der Waals surface area (Å²) in [6.07, 6.45) is 4.12. The highest BCUT2D eigenvalue weighted by Gasteiger charge is 2.33. The monoisotopic (exact) mass is 338 g/mol. The highest BCUT2D eigenvalue weighted by molar-refractivity contribution is 7.90. The van der Waals surface area contributed by atoms with Crippen molar-refractivity contribution in [1.82, 2.24) is 10.0 Å². The van der Waals surface area contributed by atoms with Gasteiger partial charge < -0.3 is 4.74 Å². The van der Waals surface area contributed by atoms with Crippen LogP contribution < -0.4 is 14.8 Å². The molecule has 126 valence electrons. The fourth-order valence-electron chi connectivity index (χ4n) is 3.22. The Bertz CT molecular complexity index is 668.